The third kappa shape index (κ3) is 5.10. The van der Waals surface area contributed by atoms with Gasteiger partial charge < -0.3 is 10.6 Å². The number of imide groups is 1. The maximum atomic E-state index is 13.0. The van der Waals surface area contributed by atoms with Gasteiger partial charge >= 0.3 is 12.2 Å². The van der Waals surface area contributed by atoms with E-state index in [1.54, 1.807) is 6.92 Å². The number of urea groups is 1. The highest BCUT2D eigenvalue weighted by molar-refractivity contribution is 6.31. The van der Waals surface area contributed by atoms with Crippen LogP contribution < -0.4 is 10.6 Å². The van der Waals surface area contributed by atoms with Gasteiger partial charge in [0.15, 0.2) is 0 Å². The van der Waals surface area contributed by atoms with Crippen LogP contribution in [0.1, 0.15) is 25.3 Å². The first-order valence-electron chi connectivity index (χ1n) is 10.7. The lowest BCUT2D eigenvalue weighted by atomic mass is 9.96. The fraction of sp³-hybridized carbons (Fsp3) is 0.571. The number of rotatable bonds is 6. The largest absolute Gasteiger partial charge is 0.417 e. The highest BCUT2D eigenvalue weighted by Crippen LogP contribution is 2.42. The highest BCUT2D eigenvalue weighted by Gasteiger charge is 2.56. The number of carbonyl (C=O) groups excluding carboxylic acids is 3. The van der Waals surface area contributed by atoms with Gasteiger partial charge in [0.2, 0.25) is 5.91 Å². The van der Waals surface area contributed by atoms with E-state index < -0.39 is 28.2 Å². The van der Waals surface area contributed by atoms with E-state index in [1.807, 2.05) is 9.80 Å². The molecule has 4 amide bonds. The molecule has 0 aromatic heterocycles. The summed E-state index contributed by atoms with van der Waals surface area (Å²) < 4.78 is 39.0. The number of halogens is 4. The van der Waals surface area contributed by atoms with E-state index in [2.05, 4.69) is 10.6 Å². The van der Waals surface area contributed by atoms with Crippen LogP contribution in [0.5, 0.6) is 0 Å². The summed E-state index contributed by atoms with van der Waals surface area (Å²) >= 11 is 5.60. The summed E-state index contributed by atoms with van der Waals surface area (Å²) in [6.45, 7) is 4.11. The highest BCUT2D eigenvalue weighted by atomic mass is 35.5. The lowest BCUT2D eigenvalue weighted by Crippen LogP contribution is -2.53. The molecule has 3 aliphatic rings. The Bertz CT molecular complexity index is 963. The Kier molecular flexibility index (Phi) is 6.32. The molecule has 12 heteroatoms. The third-order valence-electron chi connectivity index (χ3n) is 6.42. The quantitative estimate of drug-likeness (QED) is 0.603. The van der Waals surface area contributed by atoms with Gasteiger partial charge in [-0.1, -0.05) is 11.6 Å². The van der Waals surface area contributed by atoms with Crippen LogP contribution in [0.4, 0.5) is 23.7 Å². The Morgan fingerprint density at radius 3 is 2.42 bits per heavy atom. The summed E-state index contributed by atoms with van der Waals surface area (Å²) in [4.78, 5) is 42.5. The molecule has 0 unspecified atom stereocenters. The molecule has 0 bridgehead atoms. The summed E-state index contributed by atoms with van der Waals surface area (Å²) in [6.07, 6.45) is -2.74. The maximum absolute atomic E-state index is 13.0. The molecule has 1 saturated carbocycles. The molecule has 4 rings (SSSR count). The summed E-state index contributed by atoms with van der Waals surface area (Å²) in [7, 11) is 0. The van der Waals surface area contributed by atoms with Crippen LogP contribution in [0.2, 0.25) is 5.02 Å². The van der Waals surface area contributed by atoms with Crippen molar-refractivity contribution in [3.05, 3.63) is 28.8 Å². The molecule has 0 radical (unpaired) electrons. The van der Waals surface area contributed by atoms with Crippen LogP contribution in [-0.2, 0) is 15.8 Å². The minimum atomic E-state index is -4.61. The van der Waals surface area contributed by atoms with Gasteiger partial charge in [-0.25, -0.2) is 9.69 Å². The minimum Gasteiger partial charge on any atom is -0.325 e. The van der Waals surface area contributed by atoms with Gasteiger partial charge in [0.1, 0.15) is 5.54 Å². The Hall–Kier alpha value is -2.37. The topological polar surface area (TPSA) is 85.0 Å². The Morgan fingerprint density at radius 1 is 1.18 bits per heavy atom. The van der Waals surface area contributed by atoms with Gasteiger partial charge in [-0.3, -0.25) is 19.4 Å². The van der Waals surface area contributed by atoms with Crippen molar-refractivity contribution in [2.75, 3.05) is 44.7 Å². The number of benzene rings is 1. The average molecular weight is 488 g/mol. The molecule has 2 N–H and O–H groups in total. The Labute approximate surface area is 194 Å². The average Bonchev–Trinajstić information content (AvgIpc) is 3.56. The van der Waals surface area contributed by atoms with Crippen molar-refractivity contribution >= 4 is 35.1 Å². The molecule has 1 aromatic rings. The maximum Gasteiger partial charge on any atom is 0.417 e. The molecule has 3 fully saturated rings. The Balaban J connectivity index is 1.26. The van der Waals surface area contributed by atoms with E-state index in [4.69, 9.17) is 11.6 Å². The van der Waals surface area contributed by atoms with Crippen LogP contribution in [0.25, 0.3) is 0 Å². The summed E-state index contributed by atoms with van der Waals surface area (Å²) in [5.41, 5.74) is -1.80. The van der Waals surface area contributed by atoms with Crippen LogP contribution >= 0.6 is 11.6 Å². The predicted molar refractivity (Wildman–Crippen MR) is 114 cm³/mol. The van der Waals surface area contributed by atoms with Gasteiger partial charge in [0.05, 0.1) is 23.8 Å². The number of nitrogens with zero attached hydrogens (tertiary/aromatic N) is 3. The molecule has 2 saturated heterocycles. The second kappa shape index (κ2) is 8.77. The van der Waals surface area contributed by atoms with Crippen molar-refractivity contribution in [3.63, 3.8) is 0 Å². The molecular formula is C21H25ClF3N5O3. The van der Waals surface area contributed by atoms with Crippen molar-refractivity contribution < 1.29 is 27.6 Å². The van der Waals surface area contributed by atoms with Gasteiger partial charge in [0.25, 0.3) is 5.91 Å². The summed E-state index contributed by atoms with van der Waals surface area (Å²) in [5, 5.41) is 4.87. The predicted octanol–water partition coefficient (Wildman–Crippen LogP) is 2.59. The first-order valence-corrected chi connectivity index (χ1v) is 11.1. The molecule has 180 valence electrons. The molecule has 0 spiro atoms. The summed E-state index contributed by atoms with van der Waals surface area (Å²) in [5.74, 6) is -0.437. The molecule has 2 aliphatic heterocycles. The number of nitrogens with one attached hydrogen (secondary N) is 2. The van der Waals surface area contributed by atoms with Gasteiger partial charge in [0, 0.05) is 31.9 Å². The zero-order valence-corrected chi connectivity index (χ0v) is 18.8. The zero-order chi connectivity index (χ0) is 24.0. The van der Waals surface area contributed by atoms with E-state index in [1.165, 1.54) is 11.0 Å². The first kappa shape index (κ1) is 23.8. The number of hydrogen-bond donors (Lipinski definition) is 2. The van der Waals surface area contributed by atoms with Crippen molar-refractivity contribution in [1.29, 1.82) is 0 Å². The van der Waals surface area contributed by atoms with E-state index in [-0.39, 0.29) is 36.8 Å². The van der Waals surface area contributed by atoms with Gasteiger partial charge in [-0.2, -0.15) is 13.2 Å². The van der Waals surface area contributed by atoms with Crippen LogP contribution in [0, 0.1) is 5.92 Å². The van der Waals surface area contributed by atoms with Crippen LogP contribution in [-0.4, -0.2) is 77.5 Å². The number of alkyl halides is 3. The van der Waals surface area contributed by atoms with E-state index >= 15 is 0 Å². The number of piperazine rings is 1. The van der Waals surface area contributed by atoms with Crippen molar-refractivity contribution in [1.82, 2.24) is 20.0 Å². The van der Waals surface area contributed by atoms with Gasteiger partial charge in [-0.05, 0) is 43.9 Å². The smallest absolute Gasteiger partial charge is 0.325 e. The van der Waals surface area contributed by atoms with Gasteiger partial charge in [-0.15, -0.1) is 0 Å². The number of amides is 4. The van der Waals surface area contributed by atoms with Crippen LogP contribution in [0.3, 0.4) is 0 Å². The lowest BCUT2D eigenvalue weighted by molar-refractivity contribution is -0.137. The zero-order valence-electron chi connectivity index (χ0n) is 18.0. The standard InChI is InChI=1S/C21H25ClF3N5O3/c1-20(13-2-3-13)18(32)30(19(33)27-20)12-29-8-6-28(7-9-29)11-17(31)26-14-4-5-16(22)15(10-14)21(23,24)25/h4-5,10,13H,2-3,6-9,11-12H2,1H3,(H,26,31)(H,27,33)/t20-/m1/s1. The molecule has 2 heterocycles. The van der Waals surface area contributed by atoms with E-state index in [0.29, 0.717) is 26.2 Å². The van der Waals surface area contributed by atoms with Crippen molar-refractivity contribution in [2.45, 2.75) is 31.5 Å². The van der Waals surface area contributed by atoms with Crippen molar-refractivity contribution in [2.24, 2.45) is 5.92 Å². The third-order valence-corrected chi connectivity index (χ3v) is 6.75. The lowest BCUT2D eigenvalue weighted by Gasteiger charge is -2.35. The number of anilines is 1. The SMILES string of the molecule is C[C@]1(C2CC2)NC(=O)N(CN2CCN(CC(=O)Nc3ccc(Cl)c(C(F)(F)F)c3)CC2)C1=O. The molecule has 33 heavy (non-hydrogen) atoms. The summed E-state index contributed by atoms with van der Waals surface area (Å²) in [6, 6.07) is 2.85. The van der Waals surface area contributed by atoms with E-state index in [0.717, 1.165) is 25.0 Å². The Morgan fingerprint density at radius 2 is 1.82 bits per heavy atom. The molecule has 1 atom stereocenters. The van der Waals surface area contributed by atoms with Crippen LogP contribution in [0.15, 0.2) is 18.2 Å². The molecule has 1 aromatic carbocycles. The minimum absolute atomic E-state index is 0.0146. The molecule has 1 aliphatic carbocycles. The number of carbonyl (C=O) groups is 3. The normalized spacial score (nSPS) is 24.8. The monoisotopic (exact) mass is 487 g/mol. The number of hydrogen-bond acceptors (Lipinski definition) is 5. The fourth-order valence-electron chi connectivity index (χ4n) is 4.29. The second-order valence-electron chi connectivity index (χ2n) is 8.92. The fourth-order valence-corrected chi connectivity index (χ4v) is 4.52. The molecular weight excluding hydrogens is 463 g/mol. The second-order valence-corrected chi connectivity index (χ2v) is 9.32. The van der Waals surface area contributed by atoms with Crippen molar-refractivity contribution in [3.8, 4) is 0 Å². The van der Waals surface area contributed by atoms with E-state index in [9.17, 15) is 27.6 Å². The first-order chi connectivity index (χ1) is 15.5. The molecule has 8 nitrogen and oxygen atoms in total.